The number of aromatic hydroxyl groups is 1. The first kappa shape index (κ1) is 31.7. The number of aryl methyl sites for hydroxylation is 1. The first-order valence-electron chi connectivity index (χ1n) is 15.6. The van der Waals surface area contributed by atoms with Crippen molar-refractivity contribution in [3.63, 3.8) is 0 Å². The van der Waals surface area contributed by atoms with Crippen LogP contribution in [0.1, 0.15) is 115 Å². The normalized spacial score (nSPS) is 14.5. The highest BCUT2D eigenvalue weighted by atomic mass is 16.4. The zero-order valence-corrected chi connectivity index (χ0v) is 25.8. The average Bonchev–Trinajstić information content (AvgIpc) is 2.89. The number of para-hydroxylation sites is 1. The molecule has 1 heterocycles. The van der Waals surface area contributed by atoms with Crippen molar-refractivity contribution in [3.05, 3.63) is 87.3 Å². The predicted octanol–water partition coefficient (Wildman–Crippen LogP) is 10.5. The zero-order valence-electron chi connectivity index (χ0n) is 25.8. The highest BCUT2D eigenvalue weighted by Crippen LogP contribution is 2.34. The summed E-state index contributed by atoms with van der Waals surface area (Å²) >= 11 is 0. The first-order valence-corrected chi connectivity index (χ1v) is 15.6. The van der Waals surface area contributed by atoms with Gasteiger partial charge in [-0.2, -0.15) is 0 Å². The minimum Gasteiger partial charge on any atom is -0.507 e. The maximum absolute atomic E-state index is 13.1. The van der Waals surface area contributed by atoms with Crippen molar-refractivity contribution in [2.45, 2.75) is 112 Å². The number of fused-ring (bicyclic) bond motifs is 1. The predicted molar refractivity (Wildman–Crippen MR) is 170 cm³/mol. The molecule has 0 fully saturated rings. The van der Waals surface area contributed by atoms with Gasteiger partial charge in [0.25, 0.3) is 0 Å². The van der Waals surface area contributed by atoms with Gasteiger partial charge in [0.15, 0.2) is 0 Å². The molecule has 0 saturated heterocycles. The van der Waals surface area contributed by atoms with Gasteiger partial charge >= 0.3 is 5.63 Å². The SMILES string of the molecule is C/C(=C\C(Cc1ccc(C)cc1)c1c(O)c2ccccc2oc1=O)CCCC(C)CCCC(C)CCCC(C)C. The van der Waals surface area contributed by atoms with Gasteiger partial charge in [-0.15, -0.1) is 0 Å². The van der Waals surface area contributed by atoms with E-state index in [0.29, 0.717) is 23.0 Å². The molecule has 0 saturated carbocycles. The summed E-state index contributed by atoms with van der Waals surface area (Å²) < 4.78 is 5.65. The summed E-state index contributed by atoms with van der Waals surface area (Å²) in [6.07, 6.45) is 14.2. The number of hydrogen-bond acceptors (Lipinski definition) is 3. The maximum atomic E-state index is 13.1. The molecule has 0 amide bonds. The molecule has 0 bridgehead atoms. The molecule has 3 aromatic rings. The summed E-state index contributed by atoms with van der Waals surface area (Å²) in [5.74, 6) is 2.18. The van der Waals surface area contributed by atoms with Gasteiger partial charge in [-0.1, -0.05) is 126 Å². The Morgan fingerprint density at radius 3 is 2.10 bits per heavy atom. The fourth-order valence-electron chi connectivity index (χ4n) is 5.83. The smallest absolute Gasteiger partial charge is 0.343 e. The third kappa shape index (κ3) is 9.98. The second kappa shape index (κ2) is 15.8. The van der Waals surface area contributed by atoms with Gasteiger partial charge in [0, 0.05) is 5.92 Å². The third-order valence-corrected chi connectivity index (χ3v) is 8.39. The van der Waals surface area contributed by atoms with Crippen LogP contribution in [0.4, 0.5) is 0 Å². The Balaban J connectivity index is 1.62. The summed E-state index contributed by atoms with van der Waals surface area (Å²) in [5.41, 5.74) is 3.92. The minimum absolute atomic E-state index is 0.0417. The van der Waals surface area contributed by atoms with Crippen molar-refractivity contribution < 1.29 is 9.52 Å². The van der Waals surface area contributed by atoms with Crippen molar-refractivity contribution >= 4 is 11.0 Å². The van der Waals surface area contributed by atoms with Crippen molar-refractivity contribution in [2.24, 2.45) is 17.8 Å². The lowest BCUT2D eigenvalue weighted by Gasteiger charge is -2.17. The first-order chi connectivity index (χ1) is 19.1. The lowest BCUT2D eigenvalue weighted by atomic mass is 9.88. The molecule has 0 radical (unpaired) electrons. The molecular weight excluding hydrogens is 492 g/mol. The maximum Gasteiger partial charge on any atom is 0.343 e. The summed E-state index contributed by atoms with van der Waals surface area (Å²) in [5, 5.41) is 11.8. The molecule has 1 N–H and O–H groups in total. The van der Waals surface area contributed by atoms with Crippen LogP contribution in [0.5, 0.6) is 5.75 Å². The van der Waals surface area contributed by atoms with E-state index in [1.54, 1.807) is 6.07 Å². The van der Waals surface area contributed by atoms with Gasteiger partial charge in [-0.3, -0.25) is 0 Å². The average molecular weight is 545 g/mol. The molecule has 0 aliphatic rings. The van der Waals surface area contributed by atoms with Crippen LogP contribution in [0, 0.1) is 24.7 Å². The van der Waals surface area contributed by atoms with E-state index in [2.05, 4.69) is 71.9 Å². The van der Waals surface area contributed by atoms with Crippen molar-refractivity contribution in [1.82, 2.24) is 0 Å². The number of allylic oxidation sites excluding steroid dienone is 2. The molecule has 3 rings (SSSR count). The van der Waals surface area contributed by atoms with Crippen LogP contribution in [0.15, 0.2) is 69.4 Å². The zero-order chi connectivity index (χ0) is 29.1. The molecule has 1 aromatic heterocycles. The van der Waals surface area contributed by atoms with Gasteiger partial charge < -0.3 is 9.52 Å². The summed E-state index contributed by atoms with van der Waals surface area (Å²) in [6.45, 7) is 13.7. The number of benzene rings is 2. The van der Waals surface area contributed by atoms with E-state index in [-0.39, 0.29) is 11.7 Å². The van der Waals surface area contributed by atoms with Crippen molar-refractivity contribution in [2.75, 3.05) is 0 Å². The summed E-state index contributed by atoms with van der Waals surface area (Å²) in [4.78, 5) is 13.1. The Kier molecular flexibility index (Phi) is 12.6. The molecule has 3 heteroatoms. The Bertz CT molecular complexity index is 1260. The van der Waals surface area contributed by atoms with E-state index in [9.17, 15) is 9.90 Å². The highest BCUT2D eigenvalue weighted by molar-refractivity contribution is 5.84. The van der Waals surface area contributed by atoms with Crippen LogP contribution in [0.25, 0.3) is 11.0 Å². The molecule has 3 nitrogen and oxygen atoms in total. The van der Waals surface area contributed by atoms with E-state index in [4.69, 9.17) is 4.42 Å². The van der Waals surface area contributed by atoms with Crippen LogP contribution in [-0.2, 0) is 6.42 Å². The van der Waals surface area contributed by atoms with Crippen molar-refractivity contribution in [1.29, 1.82) is 0 Å². The van der Waals surface area contributed by atoms with E-state index in [1.165, 1.54) is 56.1 Å². The lowest BCUT2D eigenvalue weighted by Crippen LogP contribution is -2.14. The third-order valence-electron chi connectivity index (χ3n) is 8.39. The molecule has 0 aliphatic carbocycles. The van der Waals surface area contributed by atoms with Crippen LogP contribution >= 0.6 is 0 Å². The molecule has 0 aliphatic heterocycles. The standard InChI is InChI=1S/C37H52O3/c1-26(2)12-9-13-27(3)14-10-15-28(4)16-11-17-30(6)24-32(25-31-22-20-29(5)21-23-31)35-36(38)33-18-7-8-19-34(33)40-37(35)39/h7-8,18-24,26-28,32,38H,9-17,25H2,1-6H3/b30-24+. The number of hydrogen-bond donors (Lipinski definition) is 1. The Hall–Kier alpha value is -2.81. The van der Waals surface area contributed by atoms with Crippen LogP contribution in [0.2, 0.25) is 0 Å². The van der Waals surface area contributed by atoms with Gasteiger partial charge in [-0.05, 0) is 68.6 Å². The van der Waals surface area contributed by atoms with Gasteiger partial charge in [0.1, 0.15) is 11.3 Å². The van der Waals surface area contributed by atoms with Gasteiger partial charge in [0.05, 0.1) is 10.9 Å². The van der Waals surface area contributed by atoms with Crippen LogP contribution < -0.4 is 5.63 Å². The molecule has 2 aromatic carbocycles. The van der Waals surface area contributed by atoms with E-state index < -0.39 is 5.63 Å². The summed E-state index contributed by atoms with van der Waals surface area (Å²) in [7, 11) is 0. The van der Waals surface area contributed by atoms with E-state index >= 15 is 0 Å². The Labute approximate surface area is 242 Å². The van der Waals surface area contributed by atoms with Gasteiger partial charge in [0.2, 0.25) is 0 Å². The lowest BCUT2D eigenvalue weighted by molar-refractivity contribution is 0.389. The summed E-state index contributed by atoms with van der Waals surface area (Å²) in [6, 6.07) is 15.6. The van der Waals surface area contributed by atoms with Crippen molar-refractivity contribution in [3.8, 4) is 5.75 Å². The quantitative estimate of drug-likeness (QED) is 0.144. The molecule has 0 spiro atoms. The van der Waals surface area contributed by atoms with E-state index in [0.717, 1.165) is 36.2 Å². The fourth-order valence-corrected chi connectivity index (χ4v) is 5.83. The fraction of sp³-hybridized carbons (Fsp3) is 0.541. The second-order valence-corrected chi connectivity index (χ2v) is 12.8. The largest absolute Gasteiger partial charge is 0.507 e. The van der Waals surface area contributed by atoms with Crippen LogP contribution in [-0.4, -0.2) is 5.11 Å². The van der Waals surface area contributed by atoms with E-state index in [1.807, 2.05) is 18.2 Å². The molecule has 40 heavy (non-hydrogen) atoms. The number of rotatable bonds is 16. The highest BCUT2D eigenvalue weighted by Gasteiger charge is 2.22. The monoisotopic (exact) mass is 544 g/mol. The second-order valence-electron chi connectivity index (χ2n) is 12.8. The minimum atomic E-state index is -0.454. The van der Waals surface area contributed by atoms with Crippen LogP contribution in [0.3, 0.4) is 0 Å². The molecule has 3 atom stereocenters. The topological polar surface area (TPSA) is 50.4 Å². The Morgan fingerprint density at radius 1 is 0.850 bits per heavy atom. The van der Waals surface area contributed by atoms with Gasteiger partial charge in [-0.25, -0.2) is 4.79 Å². The molecule has 218 valence electrons. The molecule has 3 unspecified atom stereocenters. The molecular formula is C37H52O3. The Morgan fingerprint density at radius 2 is 1.45 bits per heavy atom.